The Bertz CT molecular complexity index is 868. The zero-order valence-electron chi connectivity index (χ0n) is 14.4. The first-order chi connectivity index (χ1) is 12.1. The Labute approximate surface area is 151 Å². The van der Waals surface area contributed by atoms with E-state index in [0.29, 0.717) is 11.5 Å². The highest BCUT2D eigenvalue weighted by molar-refractivity contribution is 7.21. The SMILES string of the molecule is CN(C)CCCOc1ccc(-c2c(C(=O)O)sc3ccccc23)cc1. The summed E-state index contributed by atoms with van der Waals surface area (Å²) in [6.45, 7) is 1.65. The second kappa shape index (κ2) is 7.68. The summed E-state index contributed by atoms with van der Waals surface area (Å²) in [6.07, 6.45) is 0.965. The van der Waals surface area contributed by atoms with Crippen molar-refractivity contribution in [3.63, 3.8) is 0 Å². The van der Waals surface area contributed by atoms with E-state index in [1.54, 1.807) is 0 Å². The number of rotatable bonds is 7. The van der Waals surface area contributed by atoms with E-state index in [1.807, 2.05) is 62.6 Å². The van der Waals surface area contributed by atoms with E-state index >= 15 is 0 Å². The van der Waals surface area contributed by atoms with Crippen LogP contribution in [0, 0.1) is 0 Å². The van der Waals surface area contributed by atoms with Crippen LogP contribution in [0.25, 0.3) is 21.2 Å². The van der Waals surface area contributed by atoms with Crippen LogP contribution in [0.2, 0.25) is 0 Å². The summed E-state index contributed by atoms with van der Waals surface area (Å²) < 4.78 is 6.74. The first kappa shape index (κ1) is 17.5. The first-order valence-corrected chi connectivity index (χ1v) is 9.00. The van der Waals surface area contributed by atoms with Crippen LogP contribution in [-0.2, 0) is 0 Å². The van der Waals surface area contributed by atoms with Crippen LogP contribution in [-0.4, -0.2) is 43.2 Å². The fourth-order valence-electron chi connectivity index (χ4n) is 2.77. The minimum absolute atomic E-state index is 0.376. The monoisotopic (exact) mass is 355 g/mol. The first-order valence-electron chi connectivity index (χ1n) is 8.19. The largest absolute Gasteiger partial charge is 0.494 e. The molecule has 3 aromatic rings. The molecule has 3 rings (SSSR count). The van der Waals surface area contributed by atoms with Gasteiger partial charge in [-0.3, -0.25) is 0 Å². The standard InChI is InChI=1S/C20H21NO3S/c1-21(2)12-5-13-24-15-10-8-14(9-11-15)18-16-6-3-4-7-17(16)25-19(18)20(22)23/h3-4,6-11H,5,12-13H2,1-2H3,(H,22,23). The van der Waals surface area contributed by atoms with E-state index in [9.17, 15) is 9.90 Å². The summed E-state index contributed by atoms with van der Waals surface area (Å²) in [4.78, 5) is 14.1. The van der Waals surface area contributed by atoms with Crippen LogP contribution in [0.1, 0.15) is 16.1 Å². The van der Waals surface area contributed by atoms with Crippen LogP contribution in [0.4, 0.5) is 0 Å². The van der Waals surface area contributed by atoms with Crippen molar-refractivity contribution in [1.29, 1.82) is 0 Å². The lowest BCUT2D eigenvalue weighted by Gasteiger charge is -2.11. The smallest absolute Gasteiger partial charge is 0.346 e. The van der Waals surface area contributed by atoms with E-state index in [4.69, 9.17) is 4.74 Å². The van der Waals surface area contributed by atoms with Crippen LogP contribution in [0.3, 0.4) is 0 Å². The third kappa shape index (κ3) is 4.00. The third-order valence-electron chi connectivity index (χ3n) is 3.95. The predicted octanol–water partition coefficient (Wildman–Crippen LogP) is 4.60. The minimum atomic E-state index is -0.889. The Hall–Kier alpha value is -2.37. The van der Waals surface area contributed by atoms with Crippen molar-refractivity contribution < 1.29 is 14.6 Å². The Morgan fingerprint density at radius 2 is 1.84 bits per heavy atom. The van der Waals surface area contributed by atoms with Gasteiger partial charge in [-0.2, -0.15) is 0 Å². The van der Waals surface area contributed by atoms with Gasteiger partial charge in [-0.15, -0.1) is 11.3 Å². The Morgan fingerprint density at radius 1 is 1.12 bits per heavy atom. The van der Waals surface area contributed by atoms with Crippen molar-refractivity contribution in [2.45, 2.75) is 6.42 Å². The van der Waals surface area contributed by atoms with Crippen molar-refractivity contribution in [1.82, 2.24) is 4.90 Å². The summed E-state index contributed by atoms with van der Waals surface area (Å²) in [5.74, 6) is -0.0841. The summed E-state index contributed by atoms with van der Waals surface area (Å²) in [6, 6.07) is 15.5. The molecular weight excluding hydrogens is 334 g/mol. The quantitative estimate of drug-likeness (QED) is 0.630. The number of hydrogen-bond donors (Lipinski definition) is 1. The number of ether oxygens (including phenoxy) is 1. The second-order valence-electron chi connectivity index (χ2n) is 6.14. The molecule has 0 aliphatic heterocycles. The molecule has 4 nitrogen and oxygen atoms in total. The van der Waals surface area contributed by atoms with Crippen LogP contribution in [0.5, 0.6) is 5.75 Å². The fourth-order valence-corrected chi connectivity index (χ4v) is 3.84. The molecule has 0 amide bonds. The maximum Gasteiger partial charge on any atom is 0.346 e. The molecule has 0 aliphatic rings. The zero-order chi connectivity index (χ0) is 17.8. The number of carbonyl (C=O) groups is 1. The van der Waals surface area contributed by atoms with E-state index in [-0.39, 0.29) is 0 Å². The van der Waals surface area contributed by atoms with Gasteiger partial charge in [-0.25, -0.2) is 4.79 Å². The number of nitrogens with zero attached hydrogens (tertiary/aromatic N) is 1. The van der Waals surface area contributed by atoms with Crippen molar-refractivity contribution >= 4 is 27.4 Å². The number of hydrogen-bond acceptors (Lipinski definition) is 4. The highest BCUT2D eigenvalue weighted by Crippen LogP contribution is 2.39. The summed E-state index contributed by atoms with van der Waals surface area (Å²) in [5.41, 5.74) is 1.68. The predicted molar refractivity (Wildman–Crippen MR) is 103 cm³/mol. The van der Waals surface area contributed by atoms with Crippen molar-refractivity contribution in [2.75, 3.05) is 27.2 Å². The Balaban J connectivity index is 1.84. The topological polar surface area (TPSA) is 49.8 Å². The number of benzene rings is 2. The Morgan fingerprint density at radius 3 is 2.52 bits per heavy atom. The van der Waals surface area contributed by atoms with E-state index in [2.05, 4.69) is 4.90 Å². The van der Waals surface area contributed by atoms with Gasteiger partial charge in [0.15, 0.2) is 0 Å². The highest BCUT2D eigenvalue weighted by atomic mass is 32.1. The number of carboxylic acids is 1. The van der Waals surface area contributed by atoms with Gasteiger partial charge >= 0.3 is 5.97 Å². The van der Waals surface area contributed by atoms with Gasteiger partial charge in [-0.1, -0.05) is 30.3 Å². The lowest BCUT2D eigenvalue weighted by molar-refractivity contribution is 0.0703. The molecule has 5 heteroatoms. The second-order valence-corrected chi connectivity index (χ2v) is 7.19. The number of fused-ring (bicyclic) bond motifs is 1. The van der Waals surface area contributed by atoms with Gasteiger partial charge in [-0.05, 0) is 44.3 Å². The molecule has 2 aromatic carbocycles. The molecule has 0 saturated carbocycles. The molecule has 1 N–H and O–H groups in total. The van der Waals surface area contributed by atoms with Gasteiger partial charge in [0.05, 0.1) is 6.61 Å². The van der Waals surface area contributed by atoms with Gasteiger partial charge in [0.25, 0.3) is 0 Å². The maximum absolute atomic E-state index is 11.6. The third-order valence-corrected chi connectivity index (χ3v) is 5.11. The van der Waals surface area contributed by atoms with E-state index in [1.165, 1.54) is 11.3 Å². The highest BCUT2D eigenvalue weighted by Gasteiger charge is 2.18. The van der Waals surface area contributed by atoms with Crippen LogP contribution >= 0.6 is 11.3 Å². The normalized spacial score (nSPS) is 11.2. The molecule has 25 heavy (non-hydrogen) atoms. The summed E-state index contributed by atoms with van der Waals surface area (Å²) >= 11 is 1.32. The molecule has 1 aromatic heterocycles. The van der Waals surface area contributed by atoms with Gasteiger partial charge in [0.2, 0.25) is 0 Å². The van der Waals surface area contributed by atoms with Gasteiger partial charge in [0.1, 0.15) is 10.6 Å². The van der Waals surface area contributed by atoms with Crippen LogP contribution in [0.15, 0.2) is 48.5 Å². The average Bonchev–Trinajstić information content (AvgIpc) is 2.99. The molecule has 1 heterocycles. The number of carboxylic acid groups (broad SMARTS) is 1. The van der Waals surface area contributed by atoms with Gasteiger partial charge in [0, 0.05) is 22.2 Å². The van der Waals surface area contributed by atoms with Gasteiger partial charge < -0.3 is 14.7 Å². The molecule has 0 spiro atoms. The molecule has 130 valence electrons. The zero-order valence-corrected chi connectivity index (χ0v) is 15.2. The molecule has 0 unspecified atom stereocenters. The van der Waals surface area contributed by atoms with E-state index < -0.39 is 5.97 Å². The Kier molecular flexibility index (Phi) is 5.36. The van der Waals surface area contributed by atoms with Crippen molar-refractivity contribution in [3.05, 3.63) is 53.4 Å². The summed E-state index contributed by atoms with van der Waals surface area (Å²) in [7, 11) is 4.08. The van der Waals surface area contributed by atoms with Crippen molar-refractivity contribution in [2.24, 2.45) is 0 Å². The maximum atomic E-state index is 11.6. The molecule has 0 aliphatic carbocycles. The molecule has 0 atom stereocenters. The molecule has 0 radical (unpaired) electrons. The molecule has 0 saturated heterocycles. The van der Waals surface area contributed by atoms with Crippen LogP contribution < -0.4 is 4.74 Å². The minimum Gasteiger partial charge on any atom is -0.494 e. The fraction of sp³-hybridized carbons (Fsp3) is 0.250. The number of thiophene rings is 1. The molecule has 0 fully saturated rings. The average molecular weight is 355 g/mol. The lowest BCUT2D eigenvalue weighted by Crippen LogP contribution is -2.15. The summed E-state index contributed by atoms with van der Waals surface area (Å²) in [5, 5.41) is 10.5. The number of aromatic carboxylic acids is 1. The molecule has 0 bridgehead atoms. The molecular formula is C20H21NO3S. The lowest BCUT2D eigenvalue weighted by atomic mass is 10.0. The van der Waals surface area contributed by atoms with Crippen molar-refractivity contribution in [3.8, 4) is 16.9 Å². The van der Waals surface area contributed by atoms with E-state index in [0.717, 1.165) is 39.9 Å².